The van der Waals surface area contributed by atoms with E-state index >= 15 is 0 Å². The van der Waals surface area contributed by atoms with E-state index in [1.807, 2.05) is 211 Å². The zero-order valence-electron chi connectivity index (χ0n) is 74.4. The molecule has 0 saturated carbocycles. The molecule has 0 aliphatic carbocycles. The van der Waals surface area contributed by atoms with Gasteiger partial charge in [0, 0.05) is 130 Å². The largest absolute Gasteiger partial charge is 0.456 e. The van der Waals surface area contributed by atoms with Crippen LogP contribution in [-0.4, -0.2) is 49.8 Å². The monoisotopic (exact) mass is 1810 g/mol. The molecule has 646 valence electrons. The average Bonchev–Trinajstić information content (AvgIpc) is 1.65. The van der Waals surface area contributed by atoms with E-state index in [-0.39, 0.29) is 0 Å². The van der Waals surface area contributed by atoms with Gasteiger partial charge < -0.3 is 4.42 Å². The lowest BCUT2D eigenvalue weighted by Crippen LogP contribution is -2.00. The first kappa shape index (κ1) is 80.5. The van der Waals surface area contributed by atoms with E-state index in [9.17, 15) is 0 Å². The van der Waals surface area contributed by atoms with Gasteiger partial charge >= 0.3 is 0 Å². The number of rotatable bonds is 10. The van der Waals surface area contributed by atoms with Crippen molar-refractivity contribution in [2.45, 2.75) is 0 Å². The highest BCUT2D eigenvalue weighted by atomic mass is 32.1. The second-order valence-electron chi connectivity index (χ2n) is 35.1. The van der Waals surface area contributed by atoms with E-state index in [1.54, 1.807) is 0 Å². The predicted octanol–water partition coefficient (Wildman–Crippen LogP) is 33.8. The first-order valence-electron chi connectivity index (χ1n) is 46.4. The van der Waals surface area contributed by atoms with Gasteiger partial charge in [0.15, 0.2) is 34.9 Å². The van der Waals surface area contributed by atoms with Gasteiger partial charge in [-0.15, -0.1) is 22.7 Å². The lowest BCUT2D eigenvalue weighted by atomic mass is 9.92. The van der Waals surface area contributed by atoms with Gasteiger partial charge in [-0.2, -0.15) is 0 Å². The number of benzene rings is 21. The van der Waals surface area contributed by atoms with Crippen molar-refractivity contribution in [1.82, 2.24) is 49.8 Å². The fourth-order valence-corrected chi connectivity index (χ4v) is 22.6. The van der Waals surface area contributed by atoms with E-state index in [4.69, 9.17) is 54.3 Å². The van der Waals surface area contributed by atoms with E-state index < -0.39 is 0 Å². The van der Waals surface area contributed by atoms with Crippen molar-refractivity contribution in [3.05, 3.63) is 449 Å². The molecule has 0 spiro atoms. The quantitative estimate of drug-likeness (QED) is 0.121. The Labute approximate surface area is 803 Å². The minimum absolute atomic E-state index is 0.585. The van der Waals surface area contributed by atoms with Crippen LogP contribution in [0.5, 0.6) is 0 Å². The zero-order valence-corrected chi connectivity index (χ0v) is 76.1. The minimum Gasteiger partial charge on any atom is -0.456 e. The van der Waals surface area contributed by atoms with Crippen LogP contribution in [0, 0.1) is 0 Å². The summed E-state index contributed by atoms with van der Waals surface area (Å²) in [5, 5.41) is 30.1. The van der Waals surface area contributed by atoms with Gasteiger partial charge in [-0.1, -0.05) is 352 Å². The topological polar surface area (TPSA) is 142 Å². The molecule has 0 bridgehead atoms. The van der Waals surface area contributed by atoms with Crippen molar-refractivity contribution in [3.63, 3.8) is 0 Å². The maximum absolute atomic E-state index is 6.28. The van der Waals surface area contributed by atoms with Gasteiger partial charge in [0.05, 0.1) is 33.8 Å². The summed E-state index contributed by atoms with van der Waals surface area (Å²) in [4.78, 5) is 49.1. The van der Waals surface area contributed by atoms with E-state index in [0.29, 0.717) is 34.9 Å². The summed E-state index contributed by atoms with van der Waals surface area (Å²) in [6.07, 6.45) is 3.72. The summed E-state index contributed by atoms with van der Waals surface area (Å²) in [6.45, 7) is 0. The van der Waals surface area contributed by atoms with Gasteiger partial charge in [-0.25, -0.2) is 39.9 Å². The second-order valence-corrected chi connectivity index (χ2v) is 37.3. The highest BCUT2D eigenvalue weighted by Crippen LogP contribution is 2.48. The van der Waals surface area contributed by atoms with E-state index in [2.05, 4.69) is 261 Å². The first-order chi connectivity index (χ1) is 68.8. The molecule has 11 nitrogen and oxygen atoms in total. The highest BCUT2D eigenvalue weighted by molar-refractivity contribution is 7.27. The molecule has 0 atom stereocenters. The van der Waals surface area contributed by atoms with Gasteiger partial charge in [-0.3, -0.25) is 9.97 Å². The molecule has 29 rings (SSSR count). The molecule has 21 aromatic carbocycles. The average molecular weight is 1810 g/mol. The third kappa shape index (κ3) is 14.2. The van der Waals surface area contributed by atoms with Crippen LogP contribution >= 0.6 is 22.7 Å². The van der Waals surface area contributed by atoms with Crippen LogP contribution in [0.3, 0.4) is 0 Å². The van der Waals surface area contributed by atoms with Crippen molar-refractivity contribution >= 4 is 193 Å². The Kier molecular flexibility index (Phi) is 19.4. The third-order valence-corrected chi connectivity index (χ3v) is 29.3. The third-order valence-electron chi connectivity index (χ3n) is 26.9. The number of hydrogen-bond acceptors (Lipinski definition) is 13. The Morgan fingerprint density at radius 3 is 1.03 bits per heavy atom. The molecule has 0 aliphatic heterocycles. The molecule has 8 aromatic heterocycles. The summed E-state index contributed by atoms with van der Waals surface area (Å²) >= 11 is 3.76. The number of thiophene rings is 2. The summed E-state index contributed by atoms with van der Waals surface area (Å²) < 4.78 is 11.6. The number of furan rings is 1. The van der Waals surface area contributed by atoms with Gasteiger partial charge in [0.1, 0.15) is 11.2 Å². The molecule has 29 aromatic rings. The number of nitrogens with zero attached hydrogens (tertiary/aromatic N) is 10. The Balaban J connectivity index is 0.000000105. The fraction of sp³-hybridized carbons (Fsp3) is 0. The normalized spacial score (nSPS) is 11.7. The van der Waals surface area contributed by atoms with Gasteiger partial charge in [0.2, 0.25) is 0 Å². The van der Waals surface area contributed by atoms with Gasteiger partial charge in [-0.05, 0) is 171 Å². The molecule has 0 aliphatic rings. The SMILES string of the molecule is c1ccc(-c2nc(-c3ccccc3)nc(-c3ccc(-c4ccc5c(ccc6ccc7ccc8oc9ccccc9c8c7c65)c4)nc3)n2)cc1.c1ccc(-c2nc(-c3ccccc3)nc(-c3ccc(-c4ccc5c(ccc6ccc7ccc8sc9ccccc9c8c7c65)c4)nc3)n2)cc1.c1ccc(-c2nc3ccccc3nc2-c2ccc3c(ccc4ccc5c(ccc6c7ccccc7sc65)c43)c2)cc1. The molecule has 0 amide bonds. The van der Waals surface area contributed by atoms with Gasteiger partial charge in [0.25, 0.3) is 0 Å². The van der Waals surface area contributed by atoms with Crippen LogP contribution in [0.1, 0.15) is 0 Å². The molecule has 0 saturated heterocycles. The van der Waals surface area contributed by atoms with Crippen molar-refractivity contribution in [2.24, 2.45) is 0 Å². The maximum Gasteiger partial charge on any atom is 0.165 e. The highest BCUT2D eigenvalue weighted by Gasteiger charge is 2.23. The number of pyridine rings is 2. The fourth-order valence-electron chi connectivity index (χ4n) is 20.3. The lowest BCUT2D eigenvalue weighted by Gasteiger charge is -2.13. The number of aromatic nitrogens is 10. The first-order valence-corrected chi connectivity index (χ1v) is 48.1. The zero-order chi connectivity index (χ0) is 91.5. The molecular weight excluding hydrogens is 1730 g/mol. The number of para-hydroxylation sites is 3. The van der Waals surface area contributed by atoms with Crippen molar-refractivity contribution in [1.29, 1.82) is 0 Å². The molecule has 0 N–H and O–H groups in total. The van der Waals surface area contributed by atoms with Crippen molar-refractivity contribution in [3.8, 4) is 113 Å². The Bertz CT molecular complexity index is 9510. The van der Waals surface area contributed by atoms with E-state index in [0.717, 1.165) is 117 Å². The summed E-state index contributed by atoms with van der Waals surface area (Å²) in [5.41, 5.74) is 16.9. The molecule has 13 heteroatoms. The van der Waals surface area contributed by atoms with Crippen LogP contribution in [0.2, 0.25) is 0 Å². The maximum atomic E-state index is 6.28. The Morgan fingerprint density at radius 2 is 0.518 bits per heavy atom. The molecule has 0 fully saturated rings. The smallest absolute Gasteiger partial charge is 0.165 e. The number of fused-ring (bicyclic) bond motifs is 28. The van der Waals surface area contributed by atoms with Crippen LogP contribution in [0.25, 0.3) is 284 Å². The molecule has 0 radical (unpaired) electrons. The standard InChI is InChI=1S/C44H26N4O.C44H26N4S.C38H22N2S/c2*1-3-9-29(10-4-1)42-46-43(30-11-5-2-6-12-30)48-44(47-42)33-20-23-36(45-26-33)32-19-22-34-31(25-32)18-17-27-15-16-28-21-24-38-41(40(28)39(27)34)35-13-7-8-14-37(35)49-38;1-2-8-24(9-3-1)36-37(40-33-12-6-5-11-32(33)39-36)26-17-18-27-25(22-26)15-14-23-16-19-31-29(35(23)27)20-21-30-28-10-4-7-13-34(28)41-38(30)31/h2*1-26H;1-22H. The Morgan fingerprint density at radius 1 is 0.173 bits per heavy atom. The Hall–Kier alpha value is -18.1. The lowest BCUT2D eigenvalue weighted by molar-refractivity contribution is 0.669. The van der Waals surface area contributed by atoms with Crippen molar-refractivity contribution < 1.29 is 4.42 Å². The minimum atomic E-state index is 0.585. The second kappa shape index (κ2) is 33.5. The predicted molar refractivity (Wildman–Crippen MR) is 580 cm³/mol. The van der Waals surface area contributed by atoms with E-state index in [1.165, 1.54) is 132 Å². The van der Waals surface area contributed by atoms with Crippen molar-refractivity contribution in [2.75, 3.05) is 0 Å². The van der Waals surface area contributed by atoms with Crippen LogP contribution in [0.4, 0.5) is 0 Å². The summed E-state index contributed by atoms with van der Waals surface area (Å²) in [6, 6.07) is 153. The van der Waals surface area contributed by atoms with Crippen LogP contribution in [0.15, 0.2) is 454 Å². The molecule has 0 unspecified atom stereocenters. The van der Waals surface area contributed by atoms with Crippen LogP contribution in [-0.2, 0) is 0 Å². The van der Waals surface area contributed by atoms with Crippen LogP contribution < -0.4 is 0 Å². The number of hydrogen-bond donors (Lipinski definition) is 0. The molecule has 8 heterocycles. The summed E-state index contributed by atoms with van der Waals surface area (Å²) in [7, 11) is 0. The summed E-state index contributed by atoms with van der Waals surface area (Å²) in [5.74, 6) is 3.70. The molecular formula is C126H74N10OS2. The molecule has 139 heavy (non-hydrogen) atoms.